The van der Waals surface area contributed by atoms with E-state index in [1.165, 1.54) is 24.3 Å². The minimum Gasteiger partial charge on any atom is -0.381 e. The van der Waals surface area contributed by atoms with Gasteiger partial charge in [0.2, 0.25) is 0 Å². The van der Waals surface area contributed by atoms with Crippen LogP contribution in [0, 0.1) is 17.1 Å². The molecule has 0 aliphatic heterocycles. The van der Waals surface area contributed by atoms with Crippen LogP contribution in [0.3, 0.4) is 0 Å². The molecule has 2 N–H and O–H groups in total. The highest BCUT2D eigenvalue weighted by molar-refractivity contribution is 5.63. The molecule has 0 unspecified atom stereocenters. The molecule has 0 atom stereocenters. The van der Waals surface area contributed by atoms with E-state index in [1.54, 1.807) is 18.3 Å². The topological polar surface area (TPSA) is 64.5 Å². The molecule has 0 aliphatic carbocycles. The summed E-state index contributed by atoms with van der Waals surface area (Å²) in [4.78, 5) is 0. The number of H-pyrrole nitrogens is 1. The molecule has 26 heavy (non-hydrogen) atoms. The molecule has 132 valence electrons. The van der Waals surface area contributed by atoms with E-state index in [4.69, 9.17) is 5.26 Å². The number of aromatic nitrogens is 2. The van der Waals surface area contributed by atoms with Crippen LogP contribution in [0.2, 0.25) is 0 Å². The summed E-state index contributed by atoms with van der Waals surface area (Å²) in [7, 11) is 0. The standard InChI is InChI=1S/C18H12F4N4/c19-16-7-15(6-3-12(16)8-23)24-9-13-10-25-26-17(13)11-1-4-14(5-2-11)18(20,21)22/h1-7,10,24H,9H2,(H,25,26). The van der Waals surface area contributed by atoms with Gasteiger partial charge in [0, 0.05) is 17.8 Å². The summed E-state index contributed by atoms with van der Waals surface area (Å²) in [6, 6.07) is 10.6. The zero-order valence-corrected chi connectivity index (χ0v) is 13.2. The Morgan fingerprint density at radius 3 is 2.46 bits per heavy atom. The minimum absolute atomic E-state index is 0.0516. The second kappa shape index (κ2) is 6.88. The van der Waals surface area contributed by atoms with Gasteiger partial charge >= 0.3 is 6.18 Å². The first-order valence-corrected chi connectivity index (χ1v) is 7.52. The molecule has 3 aromatic rings. The Morgan fingerprint density at radius 2 is 1.85 bits per heavy atom. The van der Waals surface area contributed by atoms with Crippen LogP contribution in [-0.4, -0.2) is 10.2 Å². The van der Waals surface area contributed by atoms with Gasteiger partial charge in [-0.25, -0.2) is 4.39 Å². The Balaban J connectivity index is 1.77. The molecule has 8 heteroatoms. The lowest BCUT2D eigenvalue weighted by Gasteiger charge is -2.09. The average molecular weight is 360 g/mol. The third-order valence-electron chi connectivity index (χ3n) is 3.79. The number of hydrogen-bond acceptors (Lipinski definition) is 3. The molecule has 0 amide bonds. The molecule has 0 fully saturated rings. The molecule has 1 aromatic heterocycles. The Labute approximate surface area is 146 Å². The first kappa shape index (κ1) is 17.5. The lowest BCUT2D eigenvalue weighted by Crippen LogP contribution is -2.04. The van der Waals surface area contributed by atoms with Gasteiger partial charge in [0.15, 0.2) is 0 Å². The monoisotopic (exact) mass is 360 g/mol. The maximum absolute atomic E-state index is 13.6. The molecule has 2 aromatic carbocycles. The maximum Gasteiger partial charge on any atom is 0.416 e. The van der Waals surface area contributed by atoms with Gasteiger partial charge in [0.25, 0.3) is 0 Å². The van der Waals surface area contributed by atoms with Crippen LogP contribution in [-0.2, 0) is 12.7 Å². The van der Waals surface area contributed by atoms with Crippen molar-refractivity contribution in [2.24, 2.45) is 0 Å². The van der Waals surface area contributed by atoms with Crippen molar-refractivity contribution in [2.45, 2.75) is 12.7 Å². The summed E-state index contributed by atoms with van der Waals surface area (Å²) >= 11 is 0. The summed E-state index contributed by atoms with van der Waals surface area (Å²) < 4.78 is 51.6. The van der Waals surface area contributed by atoms with Crippen molar-refractivity contribution >= 4 is 5.69 Å². The fourth-order valence-corrected chi connectivity index (χ4v) is 2.43. The van der Waals surface area contributed by atoms with Crippen molar-refractivity contribution in [3.05, 3.63) is 71.2 Å². The second-order valence-corrected chi connectivity index (χ2v) is 5.51. The number of alkyl halides is 3. The molecule has 0 bridgehead atoms. The highest BCUT2D eigenvalue weighted by atomic mass is 19.4. The highest BCUT2D eigenvalue weighted by Gasteiger charge is 2.30. The van der Waals surface area contributed by atoms with Crippen molar-refractivity contribution in [2.75, 3.05) is 5.32 Å². The number of nitriles is 1. The summed E-state index contributed by atoms with van der Waals surface area (Å²) in [5.74, 6) is -0.632. The van der Waals surface area contributed by atoms with E-state index in [1.807, 2.05) is 0 Å². The summed E-state index contributed by atoms with van der Waals surface area (Å²) in [5.41, 5.74) is 1.52. The van der Waals surface area contributed by atoms with Crippen molar-refractivity contribution in [1.82, 2.24) is 10.2 Å². The van der Waals surface area contributed by atoms with Gasteiger partial charge in [-0.15, -0.1) is 0 Å². The summed E-state index contributed by atoms with van der Waals surface area (Å²) in [5, 5.41) is 18.4. The average Bonchev–Trinajstić information content (AvgIpc) is 3.08. The number of rotatable bonds is 4. The van der Waals surface area contributed by atoms with Crippen molar-refractivity contribution in [1.29, 1.82) is 5.26 Å². The van der Waals surface area contributed by atoms with Gasteiger partial charge in [-0.1, -0.05) is 12.1 Å². The molecule has 4 nitrogen and oxygen atoms in total. The van der Waals surface area contributed by atoms with Crippen molar-refractivity contribution in [3.63, 3.8) is 0 Å². The molecule has 0 aliphatic rings. The molecule has 0 spiro atoms. The van der Waals surface area contributed by atoms with Gasteiger partial charge in [0.1, 0.15) is 11.9 Å². The van der Waals surface area contributed by atoms with Gasteiger partial charge in [-0.05, 0) is 35.9 Å². The number of nitrogens with one attached hydrogen (secondary N) is 2. The van der Waals surface area contributed by atoms with Crippen LogP contribution in [0.25, 0.3) is 11.3 Å². The third-order valence-corrected chi connectivity index (χ3v) is 3.79. The smallest absolute Gasteiger partial charge is 0.381 e. The van der Waals surface area contributed by atoms with E-state index in [0.29, 0.717) is 22.5 Å². The number of aromatic amines is 1. The van der Waals surface area contributed by atoms with Crippen molar-refractivity contribution < 1.29 is 17.6 Å². The first-order chi connectivity index (χ1) is 12.4. The predicted molar refractivity (Wildman–Crippen MR) is 87.5 cm³/mol. The lowest BCUT2D eigenvalue weighted by molar-refractivity contribution is -0.137. The Bertz CT molecular complexity index is 953. The Kier molecular flexibility index (Phi) is 4.63. The zero-order chi connectivity index (χ0) is 18.7. The predicted octanol–water partition coefficient (Wildman–Crippen LogP) is 4.72. The third kappa shape index (κ3) is 3.67. The van der Waals surface area contributed by atoms with E-state index >= 15 is 0 Å². The van der Waals surface area contributed by atoms with Crippen LogP contribution in [0.15, 0.2) is 48.7 Å². The van der Waals surface area contributed by atoms with E-state index in [2.05, 4.69) is 15.5 Å². The molecule has 0 radical (unpaired) electrons. The number of nitrogens with zero attached hydrogens (tertiary/aromatic N) is 2. The van der Waals surface area contributed by atoms with Crippen LogP contribution in [0.1, 0.15) is 16.7 Å². The van der Waals surface area contributed by atoms with Crippen LogP contribution >= 0.6 is 0 Å². The summed E-state index contributed by atoms with van der Waals surface area (Å²) in [6.07, 6.45) is -2.85. The first-order valence-electron chi connectivity index (χ1n) is 7.52. The van der Waals surface area contributed by atoms with E-state index in [-0.39, 0.29) is 12.1 Å². The van der Waals surface area contributed by atoms with Crippen LogP contribution in [0.4, 0.5) is 23.2 Å². The van der Waals surface area contributed by atoms with E-state index in [9.17, 15) is 17.6 Å². The lowest BCUT2D eigenvalue weighted by atomic mass is 10.1. The number of benzene rings is 2. The second-order valence-electron chi connectivity index (χ2n) is 5.51. The molecule has 0 saturated heterocycles. The quantitative estimate of drug-likeness (QED) is 0.662. The Morgan fingerprint density at radius 1 is 1.12 bits per heavy atom. The number of anilines is 1. The molecule has 0 saturated carbocycles. The zero-order valence-electron chi connectivity index (χ0n) is 13.2. The Hall–Kier alpha value is -3.34. The molecule has 1 heterocycles. The van der Waals surface area contributed by atoms with Gasteiger partial charge in [0.05, 0.1) is 23.0 Å². The number of hydrogen-bond donors (Lipinski definition) is 2. The highest BCUT2D eigenvalue weighted by Crippen LogP contribution is 2.31. The number of halogens is 4. The van der Waals surface area contributed by atoms with Crippen LogP contribution in [0.5, 0.6) is 0 Å². The van der Waals surface area contributed by atoms with Crippen molar-refractivity contribution in [3.8, 4) is 17.3 Å². The van der Waals surface area contributed by atoms with Gasteiger partial charge in [-0.3, -0.25) is 5.10 Å². The summed E-state index contributed by atoms with van der Waals surface area (Å²) in [6.45, 7) is 0.276. The van der Waals surface area contributed by atoms with Gasteiger partial charge < -0.3 is 5.32 Å². The van der Waals surface area contributed by atoms with E-state index in [0.717, 1.165) is 12.1 Å². The fraction of sp³-hybridized carbons (Fsp3) is 0.111. The van der Waals surface area contributed by atoms with Gasteiger partial charge in [-0.2, -0.15) is 23.5 Å². The SMILES string of the molecule is N#Cc1ccc(NCc2cn[nH]c2-c2ccc(C(F)(F)F)cc2)cc1F. The largest absolute Gasteiger partial charge is 0.416 e. The van der Waals surface area contributed by atoms with E-state index < -0.39 is 17.6 Å². The van der Waals surface area contributed by atoms with Crippen LogP contribution < -0.4 is 5.32 Å². The normalized spacial score (nSPS) is 11.2. The minimum atomic E-state index is -4.39. The molecule has 3 rings (SSSR count). The maximum atomic E-state index is 13.6. The fourth-order valence-electron chi connectivity index (χ4n) is 2.43. The molecular formula is C18H12F4N4. The molecular weight excluding hydrogens is 348 g/mol.